The summed E-state index contributed by atoms with van der Waals surface area (Å²) in [7, 11) is 1.38. The number of carbonyl (C=O) groups excluding carboxylic acids is 2. The minimum atomic E-state index is -0.475. The first-order valence-electron chi connectivity index (χ1n) is 11.7. The van der Waals surface area contributed by atoms with E-state index in [0.717, 1.165) is 18.2 Å². The Kier molecular flexibility index (Phi) is 21.3. The third kappa shape index (κ3) is 18.9. The van der Waals surface area contributed by atoms with Gasteiger partial charge in [-0.2, -0.15) is 0 Å². The summed E-state index contributed by atoms with van der Waals surface area (Å²) in [6.07, 6.45) is 22.1. The van der Waals surface area contributed by atoms with Crippen LogP contribution in [0.1, 0.15) is 103 Å². The standard InChI is InChI=1S/C24H45NO3Se/c1-4-5-6-7-8-9-10-11-12-13-14-15-16-17-18-19-23(26)25-22(20-21-29-3)24(27)28-2/h11-12,22H,4-10,13-21H2,1-3H3,(H,25,26)/b12-11-. The Hall–Kier alpha value is -0.801. The molecular formula is C24H45NO3Se. The Bertz CT molecular complexity index is 426. The predicted molar refractivity (Wildman–Crippen MR) is 124 cm³/mol. The summed E-state index contributed by atoms with van der Waals surface area (Å²) in [6.45, 7) is 2.26. The van der Waals surface area contributed by atoms with Crippen molar-refractivity contribution in [3.8, 4) is 0 Å². The third-order valence-electron chi connectivity index (χ3n) is 5.10. The molecule has 1 N–H and O–H groups in total. The van der Waals surface area contributed by atoms with Crippen molar-refractivity contribution in [3.05, 3.63) is 12.2 Å². The Morgan fingerprint density at radius 1 is 0.897 bits per heavy atom. The maximum absolute atomic E-state index is 12.0. The summed E-state index contributed by atoms with van der Waals surface area (Å²) in [5.74, 6) is 1.78. The van der Waals surface area contributed by atoms with Crippen LogP contribution in [0.3, 0.4) is 0 Å². The number of amides is 1. The van der Waals surface area contributed by atoms with E-state index in [1.807, 2.05) is 0 Å². The van der Waals surface area contributed by atoms with Gasteiger partial charge in [0.25, 0.3) is 0 Å². The van der Waals surface area contributed by atoms with Gasteiger partial charge in [-0.05, 0) is 12.8 Å². The van der Waals surface area contributed by atoms with E-state index >= 15 is 0 Å². The molecule has 0 aromatic carbocycles. The number of carbonyl (C=O) groups is 2. The number of hydrogen-bond donors (Lipinski definition) is 1. The van der Waals surface area contributed by atoms with Gasteiger partial charge in [0.15, 0.2) is 0 Å². The van der Waals surface area contributed by atoms with E-state index in [1.54, 1.807) is 0 Å². The molecule has 0 saturated heterocycles. The van der Waals surface area contributed by atoms with Crippen molar-refractivity contribution in [2.45, 2.75) is 120 Å². The van der Waals surface area contributed by atoms with Gasteiger partial charge in [0.2, 0.25) is 0 Å². The molecule has 0 aromatic rings. The number of allylic oxidation sites excluding steroid dienone is 2. The molecule has 1 atom stereocenters. The number of hydrogen-bond acceptors (Lipinski definition) is 3. The molecule has 0 bridgehead atoms. The fourth-order valence-corrected chi connectivity index (χ4v) is 4.24. The zero-order valence-corrected chi connectivity index (χ0v) is 20.9. The predicted octanol–water partition coefficient (Wildman–Crippen LogP) is 6.24. The molecule has 29 heavy (non-hydrogen) atoms. The number of rotatable bonds is 20. The summed E-state index contributed by atoms with van der Waals surface area (Å²) in [6, 6.07) is -0.475. The zero-order valence-electron chi connectivity index (χ0n) is 19.2. The first kappa shape index (κ1) is 28.2. The quantitative estimate of drug-likeness (QED) is 0.0983. The fraction of sp³-hybridized carbons (Fsp3) is 0.833. The molecule has 0 aliphatic heterocycles. The normalized spacial score (nSPS) is 12.2. The van der Waals surface area contributed by atoms with Gasteiger partial charge in [-0.3, -0.25) is 0 Å². The number of unbranched alkanes of at least 4 members (excludes halogenated alkanes) is 11. The Balaban J connectivity index is 3.55. The molecular weight excluding hydrogens is 429 g/mol. The molecule has 5 heteroatoms. The minimum absolute atomic E-state index is 0.0263. The van der Waals surface area contributed by atoms with E-state index in [4.69, 9.17) is 4.74 Å². The topological polar surface area (TPSA) is 55.4 Å². The average Bonchev–Trinajstić information content (AvgIpc) is 2.73. The zero-order chi connectivity index (χ0) is 21.6. The molecule has 0 spiro atoms. The second kappa shape index (κ2) is 21.9. The van der Waals surface area contributed by atoms with Crippen LogP contribution in [-0.4, -0.2) is 40.0 Å². The van der Waals surface area contributed by atoms with Gasteiger partial charge >= 0.3 is 122 Å². The Morgan fingerprint density at radius 2 is 1.45 bits per heavy atom. The number of esters is 1. The van der Waals surface area contributed by atoms with E-state index in [0.29, 0.717) is 27.8 Å². The van der Waals surface area contributed by atoms with Gasteiger partial charge in [-0.1, -0.05) is 51.2 Å². The Morgan fingerprint density at radius 3 is 2.00 bits per heavy atom. The van der Waals surface area contributed by atoms with Crippen LogP contribution in [0.25, 0.3) is 0 Å². The van der Waals surface area contributed by atoms with Gasteiger partial charge in [0, 0.05) is 0 Å². The summed E-state index contributed by atoms with van der Waals surface area (Å²) in [4.78, 5) is 23.8. The molecule has 0 fully saturated rings. The molecule has 0 rings (SSSR count). The molecule has 0 aliphatic rings. The van der Waals surface area contributed by atoms with Gasteiger partial charge in [-0.15, -0.1) is 0 Å². The van der Waals surface area contributed by atoms with E-state index in [1.165, 1.54) is 77.7 Å². The molecule has 4 nitrogen and oxygen atoms in total. The molecule has 1 amide bonds. The SMILES string of the molecule is CCCCCCCC/C=C\CCCCCCCC(=O)NC(CC[Se]C)C(=O)OC. The van der Waals surface area contributed by atoms with E-state index in [-0.39, 0.29) is 11.9 Å². The summed E-state index contributed by atoms with van der Waals surface area (Å²) in [5.41, 5.74) is 0. The van der Waals surface area contributed by atoms with Crippen LogP contribution in [0.15, 0.2) is 12.2 Å². The number of ether oxygens (including phenoxy) is 1. The number of methoxy groups -OCH3 is 1. The molecule has 0 aromatic heterocycles. The van der Waals surface area contributed by atoms with Crippen LogP contribution in [0.2, 0.25) is 11.1 Å². The number of nitrogens with one attached hydrogen (secondary N) is 1. The Labute approximate surface area is 186 Å². The van der Waals surface area contributed by atoms with Gasteiger partial charge in [0.1, 0.15) is 0 Å². The van der Waals surface area contributed by atoms with Crippen LogP contribution >= 0.6 is 0 Å². The van der Waals surface area contributed by atoms with Crippen LogP contribution in [-0.2, 0) is 14.3 Å². The molecule has 1 unspecified atom stereocenters. The van der Waals surface area contributed by atoms with Crippen molar-refractivity contribution in [2.75, 3.05) is 7.11 Å². The molecule has 0 aliphatic carbocycles. The van der Waals surface area contributed by atoms with Crippen molar-refractivity contribution in [1.82, 2.24) is 5.32 Å². The van der Waals surface area contributed by atoms with E-state index in [9.17, 15) is 9.59 Å². The molecule has 0 heterocycles. The van der Waals surface area contributed by atoms with Gasteiger partial charge < -0.3 is 0 Å². The monoisotopic (exact) mass is 475 g/mol. The molecule has 0 saturated carbocycles. The first-order chi connectivity index (χ1) is 14.2. The second-order valence-electron chi connectivity index (χ2n) is 7.76. The van der Waals surface area contributed by atoms with Crippen molar-refractivity contribution in [1.29, 1.82) is 0 Å². The van der Waals surface area contributed by atoms with E-state index < -0.39 is 6.04 Å². The van der Waals surface area contributed by atoms with Crippen LogP contribution < -0.4 is 5.32 Å². The average molecular weight is 475 g/mol. The summed E-state index contributed by atoms with van der Waals surface area (Å²) >= 11 is 0.500. The first-order valence-corrected chi connectivity index (χ1v) is 14.6. The van der Waals surface area contributed by atoms with Crippen molar-refractivity contribution >= 4 is 26.8 Å². The molecule has 170 valence electrons. The van der Waals surface area contributed by atoms with Crippen molar-refractivity contribution in [3.63, 3.8) is 0 Å². The van der Waals surface area contributed by atoms with Crippen molar-refractivity contribution < 1.29 is 14.3 Å². The van der Waals surface area contributed by atoms with Crippen LogP contribution in [0.5, 0.6) is 0 Å². The van der Waals surface area contributed by atoms with E-state index in [2.05, 4.69) is 30.2 Å². The van der Waals surface area contributed by atoms with Gasteiger partial charge in [-0.25, -0.2) is 0 Å². The van der Waals surface area contributed by atoms with Crippen molar-refractivity contribution in [2.24, 2.45) is 0 Å². The summed E-state index contributed by atoms with van der Waals surface area (Å²) in [5, 5.41) is 3.81. The molecule has 0 radical (unpaired) electrons. The van der Waals surface area contributed by atoms with Crippen LogP contribution in [0, 0.1) is 0 Å². The maximum atomic E-state index is 12.0. The van der Waals surface area contributed by atoms with Gasteiger partial charge in [0.05, 0.1) is 0 Å². The van der Waals surface area contributed by atoms with Crippen LogP contribution in [0.4, 0.5) is 0 Å². The summed E-state index contributed by atoms with van der Waals surface area (Å²) < 4.78 is 4.79. The second-order valence-corrected chi connectivity index (χ2v) is 9.83. The fourth-order valence-electron chi connectivity index (χ4n) is 3.25. The third-order valence-corrected chi connectivity index (χ3v) is 6.45.